The van der Waals surface area contributed by atoms with Crippen LogP contribution in [0.4, 0.5) is 10.1 Å². The Bertz CT molecular complexity index is 831. The van der Waals surface area contributed by atoms with Crippen molar-refractivity contribution in [3.8, 4) is 0 Å². The highest BCUT2D eigenvalue weighted by atomic mass is 19.1. The lowest BCUT2D eigenvalue weighted by atomic mass is 9.76. The van der Waals surface area contributed by atoms with E-state index in [2.05, 4.69) is 5.32 Å². The van der Waals surface area contributed by atoms with Crippen LogP contribution in [0.15, 0.2) is 18.2 Å². The third-order valence-electron chi connectivity index (χ3n) is 5.66. The van der Waals surface area contributed by atoms with E-state index in [1.54, 1.807) is 26.1 Å². The van der Waals surface area contributed by atoms with Gasteiger partial charge in [0.25, 0.3) is 5.91 Å². The van der Waals surface area contributed by atoms with Crippen LogP contribution >= 0.6 is 0 Å². The van der Waals surface area contributed by atoms with Crippen LogP contribution in [-0.4, -0.2) is 34.2 Å². The number of fused-ring (bicyclic) bond motifs is 4. The number of hydrogen-bond donors (Lipinski definition) is 2. The first-order valence-corrected chi connectivity index (χ1v) is 8.44. The van der Waals surface area contributed by atoms with Gasteiger partial charge in [-0.05, 0) is 45.9 Å². The average molecular weight is 346 g/mol. The Morgan fingerprint density at radius 1 is 1.20 bits per heavy atom. The molecule has 1 aromatic rings. The molecular formula is C18H21FN3O3+. The zero-order chi connectivity index (χ0) is 18.3. The predicted molar refractivity (Wildman–Crippen MR) is 86.7 cm³/mol. The SMILES string of the molecule is C[C@H]1[NH2+][C@]2(C(=O)Nc3ccc(F)cc32)[C@@H]2C(=O)N(C(C)(C)C)C(=O)[C@@H]21. The van der Waals surface area contributed by atoms with E-state index in [4.69, 9.17) is 0 Å². The summed E-state index contributed by atoms with van der Waals surface area (Å²) in [5.41, 5.74) is -0.994. The van der Waals surface area contributed by atoms with Crippen LogP contribution < -0.4 is 10.6 Å². The van der Waals surface area contributed by atoms with Gasteiger partial charge in [0, 0.05) is 11.1 Å². The summed E-state index contributed by atoms with van der Waals surface area (Å²) in [5.74, 6) is -2.84. The maximum absolute atomic E-state index is 13.9. The molecule has 2 saturated heterocycles. The molecule has 4 atom stereocenters. The fourth-order valence-electron chi connectivity index (χ4n) is 4.77. The Hall–Kier alpha value is -2.28. The number of amides is 3. The predicted octanol–water partition coefficient (Wildman–Crippen LogP) is 0.338. The molecule has 0 aromatic heterocycles. The number of carbonyl (C=O) groups excluding carboxylic acids is 3. The van der Waals surface area contributed by atoms with Gasteiger partial charge in [-0.2, -0.15) is 0 Å². The first kappa shape index (κ1) is 16.2. The van der Waals surface area contributed by atoms with Gasteiger partial charge in [-0.25, -0.2) is 4.39 Å². The van der Waals surface area contributed by atoms with Gasteiger partial charge in [-0.15, -0.1) is 0 Å². The van der Waals surface area contributed by atoms with Gasteiger partial charge in [0.1, 0.15) is 17.7 Å². The zero-order valence-corrected chi connectivity index (χ0v) is 14.6. The minimum Gasteiger partial charge on any atom is -0.326 e. The van der Waals surface area contributed by atoms with Gasteiger partial charge < -0.3 is 10.6 Å². The number of imide groups is 1. The third kappa shape index (κ3) is 1.84. The highest BCUT2D eigenvalue weighted by molar-refractivity contribution is 6.14. The van der Waals surface area contributed by atoms with Gasteiger partial charge in [-0.3, -0.25) is 19.3 Å². The molecule has 0 radical (unpaired) electrons. The van der Waals surface area contributed by atoms with E-state index in [-0.39, 0.29) is 23.8 Å². The van der Waals surface area contributed by atoms with E-state index in [1.165, 1.54) is 23.1 Å². The second kappa shape index (κ2) is 4.66. The van der Waals surface area contributed by atoms with Crippen molar-refractivity contribution in [2.45, 2.75) is 44.8 Å². The molecule has 1 aromatic carbocycles. The number of likely N-dealkylation sites (tertiary alicyclic amines) is 1. The Balaban J connectivity index is 1.92. The summed E-state index contributed by atoms with van der Waals surface area (Å²) in [6.45, 7) is 7.24. The number of nitrogens with two attached hydrogens (primary N) is 1. The van der Waals surface area contributed by atoms with E-state index in [9.17, 15) is 18.8 Å². The fraction of sp³-hybridized carbons (Fsp3) is 0.500. The molecule has 3 aliphatic heterocycles. The lowest BCUT2D eigenvalue weighted by Gasteiger charge is -2.33. The molecule has 3 heterocycles. The first-order chi connectivity index (χ1) is 11.6. The number of quaternary nitrogens is 1. The number of carbonyl (C=O) groups is 3. The molecule has 3 N–H and O–H groups in total. The lowest BCUT2D eigenvalue weighted by molar-refractivity contribution is -0.730. The van der Waals surface area contributed by atoms with Crippen molar-refractivity contribution in [3.05, 3.63) is 29.6 Å². The molecule has 7 heteroatoms. The number of rotatable bonds is 0. The standard InChI is InChI=1S/C18H20FN3O3/c1-8-12-13(15(24)22(14(12)23)17(2,3)4)18(21-8)10-7-9(19)5-6-11(10)20-16(18)25/h5-8,12-13,21H,1-4H3,(H,20,25)/p+1/t8-,12-,13+,18+/m1/s1. The number of benzene rings is 1. The Labute approximate surface area is 144 Å². The van der Waals surface area contributed by atoms with Gasteiger partial charge in [-0.1, -0.05) is 0 Å². The first-order valence-electron chi connectivity index (χ1n) is 8.44. The number of anilines is 1. The van der Waals surface area contributed by atoms with E-state index < -0.39 is 28.7 Å². The molecule has 6 nitrogen and oxygen atoms in total. The van der Waals surface area contributed by atoms with Gasteiger partial charge in [0.15, 0.2) is 0 Å². The quantitative estimate of drug-likeness (QED) is 0.665. The average Bonchev–Trinajstić information content (AvgIpc) is 3.04. The highest BCUT2D eigenvalue weighted by Gasteiger charge is 2.74. The summed E-state index contributed by atoms with van der Waals surface area (Å²) in [7, 11) is 0. The summed E-state index contributed by atoms with van der Waals surface area (Å²) in [5, 5.41) is 4.52. The van der Waals surface area contributed by atoms with Crippen LogP contribution in [-0.2, 0) is 19.9 Å². The molecule has 132 valence electrons. The summed E-state index contributed by atoms with van der Waals surface area (Å²) < 4.78 is 13.9. The number of nitrogens with one attached hydrogen (secondary N) is 1. The normalized spacial score (nSPS) is 33.9. The van der Waals surface area contributed by atoms with Crippen LogP contribution in [0.5, 0.6) is 0 Å². The Morgan fingerprint density at radius 2 is 1.88 bits per heavy atom. The Kier molecular flexibility index (Phi) is 3.02. The van der Waals surface area contributed by atoms with Crippen molar-refractivity contribution in [2.24, 2.45) is 11.8 Å². The van der Waals surface area contributed by atoms with Crippen molar-refractivity contribution in [1.82, 2.24) is 4.90 Å². The van der Waals surface area contributed by atoms with Crippen molar-refractivity contribution in [3.63, 3.8) is 0 Å². The molecule has 0 saturated carbocycles. The van der Waals surface area contributed by atoms with Gasteiger partial charge in [0.05, 0.1) is 11.7 Å². The molecule has 4 rings (SSSR count). The lowest BCUT2D eigenvalue weighted by Crippen LogP contribution is -2.98. The minimum absolute atomic E-state index is 0.249. The van der Waals surface area contributed by atoms with Crippen LogP contribution in [0.3, 0.4) is 0 Å². The molecule has 0 aliphatic carbocycles. The van der Waals surface area contributed by atoms with Crippen molar-refractivity contribution in [2.75, 3.05) is 5.32 Å². The maximum Gasteiger partial charge on any atom is 0.291 e. The summed E-state index contributed by atoms with van der Waals surface area (Å²) in [6.07, 6.45) is 0. The molecule has 2 fully saturated rings. The zero-order valence-electron chi connectivity index (χ0n) is 14.6. The van der Waals surface area contributed by atoms with Crippen molar-refractivity contribution < 1.29 is 24.1 Å². The molecule has 25 heavy (non-hydrogen) atoms. The summed E-state index contributed by atoms with van der Waals surface area (Å²) in [4.78, 5) is 40.4. The number of halogens is 1. The van der Waals surface area contributed by atoms with Crippen molar-refractivity contribution in [1.29, 1.82) is 0 Å². The largest absolute Gasteiger partial charge is 0.326 e. The van der Waals surface area contributed by atoms with Crippen LogP contribution in [0, 0.1) is 17.7 Å². The van der Waals surface area contributed by atoms with E-state index in [0.29, 0.717) is 11.3 Å². The van der Waals surface area contributed by atoms with Gasteiger partial charge >= 0.3 is 0 Å². The smallest absolute Gasteiger partial charge is 0.291 e. The molecule has 0 bridgehead atoms. The van der Waals surface area contributed by atoms with E-state index >= 15 is 0 Å². The second-order valence-corrected chi connectivity index (χ2v) is 8.22. The summed E-state index contributed by atoms with van der Waals surface area (Å²) in [6, 6.07) is 3.83. The van der Waals surface area contributed by atoms with Crippen molar-refractivity contribution >= 4 is 23.4 Å². The third-order valence-corrected chi connectivity index (χ3v) is 5.66. The Morgan fingerprint density at radius 3 is 2.52 bits per heavy atom. The van der Waals surface area contributed by atoms with E-state index in [1.807, 2.05) is 6.92 Å². The number of nitrogens with zero attached hydrogens (tertiary/aromatic N) is 1. The maximum atomic E-state index is 13.9. The second-order valence-electron chi connectivity index (χ2n) is 8.22. The number of hydrogen-bond acceptors (Lipinski definition) is 3. The molecule has 3 aliphatic rings. The molecule has 3 amide bonds. The van der Waals surface area contributed by atoms with Crippen LogP contribution in [0.2, 0.25) is 0 Å². The highest BCUT2D eigenvalue weighted by Crippen LogP contribution is 2.50. The van der Waals surface area contributed by atoms with E-state index in [0.717, 1.165) is 0 Å². The topological polar surface area (TPSA) is 83.1 Å². The molecule has 0 unspecified atom stereocenters. The van der Waals surface area contributed by atoms with Crippen LogP contribution in [0.1, 0.15) is 33.3 Å². The molecule has 1 spiro atoms. The summed E-state index contributed by atoms with van der Waals surface area (Å²) >= 11 is 0. The van der Waals surface area contributed by atoms with Gasteiger partial charge in [0.2, 0.25) is 17.4 Å². The monoisotopic (exact) mass is 346 g/mol. The molecular weight excluding hydrogens is 325 g/mol. The minimum atomic E-state index is -1.28. The fourth-order valence-corrected chi connectivity index (χ4v) is 4.77. The van der Waals surface area contributed by atoms with Crippen LogP contribution in [0.25, 0.3) is 0 Å².